The molecule has 2 heterocycles. The molecule has 0 bridgehead atoms. The van der Waals surface area contributed by atoms with Gasteiger partial charge in [0, 0.05) is 11.8 Å². The summed E-state index contributed by atoms with van der Waals surface area (Å²) in [6, 6.07) is 18.6. The molecule has 0 aliphatic rings. The molecule has 0 saturated carbocycles. The van der Waals surface area contributed by atoms with Gasteiger partial charge >= 0.3 is 0 Å². The van der Waals surface area contributed by atoms with Gasteiger partial charge in [-0.3, -0.25) is 9.36 Å². The number of benzene rings is 2. The van der Waals surface area contributed by atoms with Crippen molar-refractivity contribution in [3.63, 3.8) is 0 Å². The first-order chi connectivity index (χ1) is 15.4. The number of rotatable bonds is 6. The summed E-state index contributed by atoms with van der Waals surface area (Å²) < 4.78 is 17.0. The van der Waals surface area contributed by atoms with Gasteiger partial charge in [-0.2, -0.15) is 10.2 Å². The number of nitrogens with zero attached hydrogens (tertiary/aromatic N) is 4. The minimum Gasteiger partial charge on any atom is -0.329 e. The molecule has 0 aliphatic carbocycles. The zero-order valence-electron chi connectivity index (χ0n) is 18.3. The molecule has 0 amide bonds. The van der Waals surface area contributed by atoms with Crippen LogP contribution in [0.15, 0.2) is 60.7 Å². The van der Waals surface area contributed by atoms with Gasteiger partial charge in [0.15, 0.2) is 10.9 Å². The third-order valence-electron chi connectivity index (χ3n) is 5.26. The summed E-state index contributed by atoms with van der Waals surface area (Å²) in [6.45, 7) is 7.18. The minimum atomic E-state index is -0.248. The predicted octanol–water partition coefficient (Wildman–Crippen LogP) is 5.05. The molecule has 4 aromatic rings. The van der Waals surface area contributed by atoms with E-state index in [4.69, 9.17) is 12.2 Å². The summed E-state index contributed by atoms with van der Waals surface area (Å²) >= 11 is 5.52. The molecule has 164 valence electrons. The van der Waals surface area contributed by atoms with Gasteiger partial charge in [-0.15, -0.1) is 0 Å². The summed E-state index contributed by atoms with van der Waals surface area (Å²) in [4.78, 5) is 0. The molecule has 0 unspecified atom stereocenters. The Morgan fingerprint density at radius 2 is 1.53 bits per heavy atom. The maximum Gasteiger partial charge on any atom is 0.176 e. The van der Waals surface area contributed by atoms with Crippen molar-refractivity contribution in [2.45, 2.75) is 33.9 Å². The summed E-state index contributed by atoms with van der Waals surface area (Å²) in [5, 5.41) is 16.1. The predicted molar refractivity (Wildman–Crippen MR) is 130 cm³/mol. The number of anilines is 2. The fraction of sp³-hybridized carbons (Fsp3) is 0.208. The molecule has 8 heteroatoms. The van der Waals surface area contributed by atoms with Crippen molar-refractivity contribution < 1.29 is 4.39 Å². The van der Waals surface area contributed by atoms with E-state index in [2.05, 4.69) is 33.0 Å². The van der Waals surface area contributed by atoms with Crippen LogP contribution < -0.4 is 10.6 Å². The monoisotopic (exact) mass is 448 g/mol. The standard InChI is InChI=1S/C24H25FN6S/c1-16-13-22(29-30(16)14-19-7-5-4-6-8-19)26-24(32)27-23-17(2)28-31(18(23)3)15-20-9-11-21(25)12-10-20/h4-13H,14-15H2,1-3H3,(H2,26,27,29,32). The van der Waals surface area contributed by atoms with E-state index in [-0.39, 0.29) is 5.82 Å². The second kappa shape index (κ2) is 9.32. The summed E-state index contributed by atoms with van der Waals surface area (Å²) in [6.07, 6.45) is 0. The first-order valence-corrected chi connectivity index (χ1v) is 10.7. The van der Waals surface area contributed by atoms with Crippen molar-refractivity contribution in [2.24, 2.45) is 0 Å². The van der Waals surface area contributed by atoms with Crippen LogP contribution in [-0.4, -0.2) is 24.7 Å². The molecule has 0 spiro atoms. The topological polar surface area (TPSA) is 59.7 Å². The number of thiocarbonyl (C=S) groups is 1. The van der Waals surface area contributed by atoms with Crippen molar-refractivity contribution in [1.82, 2.24) is 19.6 Å². The Kier molecular flexibility index (Phi) is 6.32. The zero-order chi connectivity index (χ0) is 22.7. The van der Waals surface area contributed by atoms with Crippen LogP contribution in [0.1, 0.15) is 28.2 Å². The first-order valence-electron chi connectivity index (χ1n) is 10.3. The summed E-state index contributed by atoms with van der Waals surface area (Å²) in [5.74, 6) is 0.437. The lowest BCUT2D eigenvalue weighted by Gasteiger charge is -2.10. The molecule has 6 nitrogen and oxygen atoms in total. The van der Waals surface area contributed by atoms with E-state index in [1.807, 2.05) is 54.4 Å². The van der Waals surface area contributed by atoms with E-state index in [1.165, 1.54) is 17.7 Å². The molecule has 0 radical (unpaired) electrons. The normalized spacial score (nSPS) is 10.9. The quantitative estimate of drug-likeness (QED) is 0.404. The van der Waals surface area contributed by atoms with E-state index in [0.29, 0.717) is 24.0 Å². The molecule has 0 fully saturated rings. The molecular weight excluding hydrogens is 423 g/mol. The second-order valence-corrected chi connectivity index (χ2v) is 8.13. The lowest BCUT2D eigenvalue weighted by Crippen LogP contribution is -2.20. The molecular formula is C24H25FN6S. The highest BCUT2D eigenvalue weighted by Gasteiger charge is 2.14. The van der Waals surface area contributed by atoms with Crippen LogP contribution in [0.3, 0.4) is 0 Å². The molecule has 2 aromatic carbocycles. The number of hydrogen-bond donors (Lipinski definition) is 2. The van der Waals surface area contributed by atoms with Crippen LogP contribution >= 0.6 is 12.2 Å². The van der Waals surface area contributed by atoms with Crippen molar-refractivity contribution >= 4 is 28.8 Å². The average molecular weight is 449 g/mol. The van der Waals surface area contributed by atoms with Gasteiger partial charge < -0.3 is 10.6 Å². The fourth-order valence-electron chi connectivity index (χ4n) is 3.54. The number of aromatic nitrogens is 4. The Balaban J connectivity index is 1.43. The van der Waals surface area contributed by atoms with Gasteiger partial charge in [-0.05, 0) is 56.2 Å². The van der Waals surface area contributed by atoms with E-state index in [9.17, 15) is 4.39 Å². The van der Waals surface area contributed by atoms with E-state index >= 15 is 0 Å². The number of nitrogens with one attached hydrogen (secondary N) is 2. The Bertz CT molecular complexity index is 1230. The first kappa shape index (κ1) is 21.7. The Morgan fingerprint density at radius 1 is 0.875 bits per heavy atom. The van der Waals surface area contributed by atoms with Gasteiger partial charge in [-0.1, -0.05) is 42.5 Å². The summed E-state index contributed by atoms with van der Waals surface area (Å²) in [7, 11) is 0. The molecule has 0 saturated heterocycles. The largest absolute Gasteiger partial charge is 0.329 e. The van der Waals surface area contributed by atoms with Gasteiger partial charge in [0.25, 0.3) is 0 Å². The number of halogens is 1. The Labute approximate surface area is 192 Å². The minimum absolute atomic E-state index is 0.248. The highest BCUT2D eigenvalue weighted by atomic mass is 32.1. The smallest absolute Gasteiger partial charge is 0.176 e. The van der Waals surface area contributed by atoms with Gasteiger partial charge in [0.05, 0.1) is 30.2 Å². The van der Waals surface area contributed by atoms with E-state index in [0.717, 1.165) is 28.3 Å². The lowest BCUT2D eigenvalue weighted by atomic mass is 10.2. The molecule has 4 rings (SSSR count). The third kappa shape index (κ3) is 5.03. The summed E-state index contributed by atoms with van der Waals surface area (Å²) in [5.41, 5.74) is 5.83. The van der Waals surface area contributed by atoms with Crippen LogP contribution in [0.25, 0.3) is 0 Å². The van der Waals surface area contributed by atoms with Crippen LogP contribution in [0.2, 0.25) is 0 Å². The van der Waals surface area contributed by atoms with Crippen molar-refractivity contribution in [3.05, 3.63) is 94.7 Å². The molecule has 0 atom stereocenters. The van der Waals surface area contributed by atoms with Gasteiger partial charge in [0.2, 0.25) is 0 Å². The van der Waals surface area contributed by atoms with Gasteiger partial charge in [-0.25, -0.2) is 4.39 Å². The SMILES string of the molecule is Cc1nn(Cc2ccc(F)cc2)c(C)c1NC(=S)Nc1cc(C)n(Cc2ccccc2)n1. The highest BCUT2D eigenvalue weighted by Crippen LogP contribution is 2.21. The van der Waals surface area contributed by atoms with Crippen LogP contribution in [0.4, 0.5) is 15.9 Å². The molecule has 32 heavy (non-hydrogen) atoms. The Hall–Kier alpha value is -3.52. The molecule has 2 N–H and O–H groups in total. The van der Waals surface area contributed by atoms with E-state index in [1.54, 1.807) is 12.1 Å². The Morgan fingerprint density at radius 3 is 2.25 bits per heavy atom. The van der Waals surface area contributed by atoms with E-state index < -0.39 is 0 Å². The van der Waals surface area contributed by atoms with Gasteiger partial charge in [0.1, 0.15) is 5.82 Å². The third-order valence-corrected chi connectivity index (χ3v) is 5.47. The van der Waals surface area contributed by atoms with Crippen molar-refractivity contribution in [1.29, 1.82) is 0 Å². The maximum absolute atomic E-state index is 13.2. The van der Waals surface area contributed by atoms with Crippen molar-refractivity contribution in [3.8, 4) is 0 Å². The maximum atomic E-state index is 13.2. The van der Waals surface area contributed by atoms with Crippen molar-refractivity contribution in [2.75, 3.05) is 10.6 Å². The molecule has 2 aromatic heterocycles. The molecule has 0 aliphatic heterocycles. The van der Waals surface area contributed by atoms with Crippen LogP contribution in [-0.2, 0) is 13.1 Å². The number of hydrogen-bond acceptors (Lipinski definition) is 3. The fourth-order valence-corrected chi connectivity index (χ4v) is 3.75. The van der Waals surface area contributed by atoms with Crippen LogP contribution in [0.5, 0.6) is 0 Å². The number of aryl methyl sites for hydroxylation is 2. The highest BCUT2D eigenvalue weighted by molar-refractivity contribution is 7.80. The zero-order valence-corrected chi connectivity index (χ0v) is 19.1. The second-order valence-electron chi connectivity index (χ2n) is 7.72. The average Bonchev–Trinajstić information content (AvgIpc) is 3.23. The lowest BCUT2D eigenvalue weighted by molar-refractivity contribution is 0.622. The van der Waals surface area contributed by atoms with Crippen LogP contribution in [0, 0.1) is 26.6 Å².